The zero-order chi connectivity index (χ0) is 12.3. The van der Waals surface area contributed by atoms with Gasteiger partial charge in [0.05, 0.1) is 11.2 Å². The first-order valence-corrected chi connectivity index (χ1v) is 5.05. The van der Waals surface area contributed by atoms with E-state index in [4.69, 9.17) is 15.1 Å². The molecule has 1 aliphatic carbocycles. The van der Waals surface area contributed by atoms with E-state index < -0.39 is 18.5 Å². The molecule has 0 spiro atoms. The van der Waals surface area contributed by atoms with Gasteiger partial charge in [-0.05, 0) is 33.1 Å². The van der Waals surface area contributed by atoms with Crippen LogP contribution in [-0.4, -0.2) is 43.8 Å². The number of hydrogen-bond acceptors (Lipinski definition) is 5. The second-order valence-electron chi connectivity index (χ2n) is 4.83. The molecule has 1 aliphatic rings. The Kier molecular flexibility index (Phi) is 5.22. The molecule has 0 saturated heterocycles. The second-order valence-corrected chi connectivity index (χ2v) is 4.83. The zero-order valence-corrected chi connectivity index (χ0v) is 9.51. The first-order chi connectivity index (χ1) is 6.56. The molecule has 1 saturated carbocycles. The molecule has 6 heteroatoms. The summed E-state index contributed by atoms with van der Waals surface area (Å²) in [5.74, 6) is 0.649. The summed E-state index contributed by atoms with van der Waals surface area (Å²) in [6, 6.07) is 0. The minimum Gasteiger partial charge on any atom is -0.402 e. The van der Waals surface area contributed by atoms with Crippen LogP contribution < -0.4 is 0 Å². The Balaban J connectivity index is 0.000000423. The minimum absolute atomic E-state index is 0.649. The molecule has 1 atom stereocenters. The Morgan fingerprint density at radius 3 is 1.60 bits per heavy atom. The topological polar surface area (TPSA) is 101 Å². The largest absolute Gasteiger partial charge is 0.631 e. The van der Waals surface area contributed by atoms with Crippen LogP contribution in [0.2, 0.25) is 0 Å². The van der Waals surface area contributed by atoms with E-state index in [0.717, 1.165) is 6.42 Å². The lowest BCUT2D eigenvalue weighted by molar-refractivity contribution is -0.126. The van der Waals surface area contributed by atoms with Gasteiger partial charge in [-0.15, -0.1) is 0 Å². The average molecular weight is 220 g/mol. The number of hydrogen-bond donors (Lipinski definition) is 5. The van der Waals surface area contributed by atoms with Crippen LogP contribution in [0.15, 0.2) is 0 Å². The van der Waals surface area contributed by atoms with Gasteiger partial charge in [0.25, 0.3) is 0 Å². The van der Waals surface area contributed by atoms with Crippen LogP contribution in [0.4, 0.5) is 0 Å². The normalized spacial score (nSPS) is 20.0. The van der Waals surface area contributed by atoms with E-state index in [1.54, 1.807) is 20.8 Å². The van der Waals surface area contributed by atoms with Crippen molar-refractivity contribution in [3.8, 4) is 0 Å². The van der Waals surface area contributed by atoms with Crippen LogP contribution in [0.3, 0.4) is 0 Å². The van der Waals surface area contributed by atoms with Crippen LogP contribution >= 0.6 is 0 Å². The second kappa shape index (κ2) is 5.27. The lowest BCUT2D eigenvalue weighted by Gasteiger charge is -2.35. The highest BCUT2D eigenvalue weighted by Gasteiger charge is 2.41. The summed E-state index contributed by atoms with van der Waals surface area (Å²) in [4.78, 5) is 0. The van der Waals surface area contributed by atoms with E-state index in [9.17, 15) is 10.2 Å². The lowest BCUT2D eigenvalue weighted by Crippen LogP contribution is -2.47. The predicted molar refractivity (Wildman–Crippen MR) is 56.7 cm³/mol. The van der Waals surface area contributed by atoms with Gasteiger partial charge in [-0.3, -0.25) is 0 Å². The average Bonchev–Trinajstić information content (AvgIpc) is 2.65. The predicted octanol–water partition coefficient (Wildman–Crippen LogP) is -0.743. The lowest BCUT2D eigenvalue weighted by atomic mass is 9.83. The van der Waals surface area contributed by atoms with E-state index in [0.29, 0.717) is 5.92 Å². The molecule has 15 heavy (non-hydrogen) atoms. The van der Waals surface area contributed by atoms with Crippen LogP contribution in [0, 0.1) is 5.92 Å². The molecule has 0 aromatic carbocycles. The van der Waals surface area contributed by atoms with E-state index in [1.807, 2.05) is 0 Å². The van der Waals surface area contributed by atoms with Gasteiger partial charge < -0.3 is 25.3 Å². The summed E-state index contributed by atoms with van der Waals surface area (Å²) in [5.41, 5.74) is -1.90. The van der Waals surface area contributed by atoms with Gasteiger partial charge in [0.15, 0.2) is 0 Å². The van der Waals surface area contributed by atoms with E-state index in [-0.39, 0.29) is 0 Å². The van der Waals surface area contributed by atoms with Gasteiger partial charge in [0.1, 0.15) is 0 Å². The molecule has 1 unspecified atom stereocenters. The summed E-state index contributed by atoms with van der Waals surface area (Å²) in [7, 11) is -2.17. The molecular formula is C9H21BO5. The smallest absolute Gasteiger partial charge is 0.402 e. The van der Waals surface area contributed by atoms with Gasteiger partial charge in [0.2, 0.25) is 0 Å². The fourth-order valence-electron chi connectivity index (χ4n) is 1.13. The van der Waals surface area contributed by atoms with Crippen molar-refractivity contribution in [3.05, 3.63) is 0 Å². The highest BCUT2D eigenvalue weighted by atomic mass is 16.5. The van der Waals surface area contributed by atoms with Gasteiger partial charge in [-0.25, -0.2) is 0 Å². The van der Waals surface area contributed by atoms with Gasteiger partial charge in [-0.1, -0.05) is 12.8 Å². The Hall–Kier alpha value is -0.135. The van der Waals surface area contributed by atoms with Crippen molar-refractivity contribution in [3.63, 3.8) is 0 Å². The van der Waals surface area contributed by atoms with Gasteiger partial charge in [-0.2, -0.15) is 0 Å². The Labute approximate surface area is 90.6 Å². The summed E-state index contributed by atoms with van der Waals surface area (Å²) >= 11 is 0. The molecule has 1 rings (SSSR count). The maximum Gasteiger partial charge on any atom is 0.631 e. The monoisotopic (exact) mass is 220 g/mol. The highest BCUT2D eigenvalue weighted by Crippen LogP contribution is 2.40. The van der Waals surface area contributed by atoms with E-state index in [2.05, 4.69) is 0 Å². The van der Waals surface area contributed by atoms with Gasteiger partial charge in [0, 0.05) is 0 Å². The van der Waals surface area contributed by atoms with Crippen LogP contribution in [0.5, 0.6) is 0 Å². The van der Waals surface area contributed by atoms with E-state index >= 15 is 0 Å². The van der Waals surface area contributed by atoms with Crippen molar-refractivity contribution in [1.82, 2.24) is 0 Å². The first-order valence-electron chi connectivity index (χ1n) is 5.05. The molecule has 5 nitrogen and oxygen atoms in total. The quantitative estimate of drug-likeness (QED) is 0.403. The van der Waals surface area contributed by atoms with Crippen molar-refractivity contribution in [2.75, 3.05) is 0 Å². The molecule has 1 fully saturated rings. The molecule has 0 bridgehead atoms. The van der Waals surface area contributed by atoms with Crippen molar-refractivity contribution < 1.29 is 25.3 Å². The summed E-state index contributed by atoms with van der Waals surface area (Å²) in [6.45, 7) is 5.04. The fourth-order valence-corrected chi connectivity index (χ4v) is 1.13. The molecule has 5 N–H and O–H groups in total. The summed E-state index contributed by atoms with van der Waals surface area (Å²) in [6.07, 6.45) is 3.16. The third kappa shape index (κ3) is 6.86. The Morgan fingerprint density at radius 2 is 1.40 bits per heavy atom. The van der Waals surface area contributed by atoms with E-state index in [1.165, 1.54) is 12.8 Å². The molecule has 90 valence electrons. The molecule has 0 aromatic heterocycles. The van der Waals surface area contributed by atoms with Crippen molar-refractivity contribution in [1.29, 1.82) is 0 Å². The van der Waals surface area contributed by atoms with Crippen LogP contribution in [0.1, 0.15) is 40.0 Å². The molecule has 0 radical (unpaired) electrons. The third-order valence-electron chi connectivity index (χ3n) is 2.70. The highest BCUT2D eigenvalue weighted by molar-refractivity contribution is 6.30. The summed E-state index contributed by atoms with van der Waals surface area (Å²) in [5, 5.41) is 40.9. The summed E-state index contributed by atoms with van der Waals surface area (Å²) < 4.78 is 0. The Morgan fingerprint density at radius 1 is 1.07 bits per heavy atom. The third-order valence-corrected chi connectivity index (χ3v) is 2.70. The van der Waals surface area contributed by atoms with Crippen LogP contribution in [-0.2, 0) is 0 Å². The first kappa shape index (κ1) is 14.9. The van der Waals surface area contributed by atoms with Crippen LogP contribution in [0.25, 0.3) is 0 Å². The van der Waals surface area contributed by atoms with Crippen molar-refractivity contribution >= 4 is 7.32 Å². The molecule has 0 aromatic rings. The number of rotatable bonds is 3. The fraction of sp³-hybridized carbons (Fsp3) is 1.00. The Bertz CT molecular complexity index is 181. The van der Waals surface area contributed by atoms with Crippen molar-refractivity contribution in [2.45, 2.75) is 51.2 Å². The number of aliphatic hydroxyl groups is 2. The maximum atomic E-state index is 9.81. The SMILES string of the molecule is CC(C)(O)C(C)(O)CC1CC1.OB(O)O. The van der Waals surface area contributed by atoms with Gasteiger partial charge >= 0.3 is 7.32 Å². The molecule has 0 amide bonds. The van der Waals surface area contributed by atoms with Crippen molar-refractivity contribution in [2.24, 2.45) is 5.92 Å². The standard InChI is InChI=1S/C9H18O2.BH3O3/c1-8(2,10)9(3,11)6-7-4-5-7;2-1(3)4/h7,10-11H,4-6H2,1-3H3;2-4H. The molecule has 0 aliphatic heterocycles. The molecular weight excluding hydrogens is 199 g/mol. The molecule has 0 heterocycles. The zero-order valence-electron chi connectivity index (χ0n) is 9.51. The minimum atomic E-state index is -2.17. The maximum absolute atomic E-state index is 9.81.